The quantitative estimate of drug-likeness (QED) is 0.760. The van der Waals surface area contributed by atoms with Crippen LogP contribution < -0.4 is 5.32 Å². The van der Waals surface area contributed by atoms with Gasteiger partial charge in [0.25, 0.3) is 0 Å². The van der Waals surface area contributed by atoms with Crippen molar-refractivity contribution in [3.05, 3.63) is 29.8 Å². The number of aliphatic hydroxyl groups is 1. The first kappa shape index (κ1) is 16.4. The molecule has 0 heterocycles. The zero-order valence-electron chi connectivity index (χ0n) is 12.6. The topological polar surface area (TPSA) is 69.6 Å². The van der Waals surface area contributed by atoms with E-state index in [4.69, 9.17) is 5.11 Å². The van der Waals surface area contributed by atoms with Gasteiger partial charge in [0.05, 0.1) is 11.5 Å². The Labute approximate surface area is 127 Å². The van der Waals surface area contributed by atoms with Crippen molar-refractivity contribution in [3.63, 3.8) is 0 Å². The first-order valence-corrected chi connectivity index (χ1v) is 8.84. The number of hydrogen-bond donors (Lipinski definition) is 2. The summed E-state index contributed by atoms with van der Waals surface area (Å²) in [6.45, 7) is 4.89. The first-order chi connectivity index (χ1) is 9.95. The summed E-state index contributed by atoms with van der Waals surface area (Å²) in [5, 5.41) is 12.4. The largest absolute Gasteiger partial charge is 0.395 e. The maximum Gasteiger partial charge on any atom is 0.243 e. The minimum absolute atomic E-state index is 0.0597. The van der Waals surface area contributed by atoms with Gasteiger partial charge in [-0.15, -0.1) is 0 Å². The molecule has 0 atom stereocenters. The molecule has 6 heteroatoms. The predicted molar refractivity (Wildman–Crippen MR) is 82.4 cm³/mol. The van der Waals surface area contributed by atoms with Crippen LogP contribution >= 0.6 is 0 Å². The van der Waals surface area contributed by atoms with Crippen LogP contribution in [0.15, 0.2) is 29.2 Å². The number of aliphatic hydroxyl groups excluding tert-OH is 1. The second-order valence-electron chi connectivity index (χ2n) is 5.75. The van der Waals surface area contributed by atoms with E-state index in [0.29, 0.717) is 10.9 Å². The number of hydrogen-bond acceptors (Lipinski definition) is 4. The lowest BCUT2D eigenvalue weighted by molar-refractivity contribution is 0.250. The van der Waals surface area contributed by atoms with E-state index in [2.05, 4.69) is 19.2 Å². The smallest absolute Gasteiger partial charge is 0.243 e. The average molecular weight is 312 g/mol. The first-order valence-electron chi connectivity index (χ1n) is 7.40. The Morgan fingerprint density at radius 3 is 2.38 bits per heavy atom. The Bertz CT molecular complexity index is 551. The van der Waals surface area contributed by atoms with Crippen molar-refractivity contribution >= 4 is 10.0 Å². The second-order valence-corrected chi connectivity index (χ2v) is 7.64. The lowest BCUT2D eigenvalue weighted by Crippen LogP contribution is -2.35. The normalized spacial score (nSPS) is 15.9. The molecule has 2 rings (SSSR count). The molecule has 1 aliphatic carbocycles. The molecule has 0 radical (unpaired) electrons. The van der Waals surface area contributed by atoms with Crippen LogP contribution in [0.2, 0.25) is 0 Å². The van der Waals surface area contributed by atoms with Crippen molar-refractivity contribution < 1.29 is 13.5 Å². The summed E-state index contributed by atoms with van der Waals surface area (Å²) >= 11 is 0. The van der Waals surface area contributed by atoms with Gasteiger partial charge in [0.15, 0.2) is 0 Å². The van der Waals surface area contributed by atoms with Crippen molar-refractivity contribution in [2.24, 2.45) is 0 Å². The molecule has 21 heavy (non-hydrogen) atoms. The van der Waals surface area contributed by atoms with Crippen LogP contribution in [0.25, 0.3) is 0 Å². The van der Waals surface area contributed by atoms with Crippen molar-refractivity contribution in [1.82, 2.24) is 9.62 Å². The molecule has 1 aromatic carbocycles. The highest BCUT2D eigenvalue weighted by Gasteiger charge is 2.37. The van der Waals surface area contributed by atoms with Gasteiger partial charge in [-0.25, -0.2) is 8.42 Å². The van der Waals surface area contributed by atoms with Crippen molar-refractivity contribution in [2.45, 2.75) is 50.2 Å². The Kier molecular flexibility index (Phi) is 5.37. The van der Waals surface area contributed by atoms with Crippen molar-refractivity contribution in [1.29, 1.82) is 0 Å². The van der Waals surface area contributed by atoms with E-state index in [1.165, 1.54) is 4.31 Å². The zero-order chi connectivity index (χ0) is 15.5. The summed E-state index contributed by atoms with van der Waals surface area (Å²) < 4.78 is 26.6. The summed E-state index contributed by atoms with van der Waals surface area (Å²) in [5.74, 6) is 0. The minimum Gasteiger partial charge on any atom is -0.395 e. The van der Waals surface area contributed by atoms with Crippen molar-refractivity contribution in [2.75, 3.05) is 13.2 Å². The third kappa shape index (κ3) is 4.26. The van der Waals surface area contributed by atoms with E-state index in [-0.39, 0.29) is 19.2 Å². The predicted octanol–water partition coefficient (Wildman–Crippen LogP) is 1.33. The highest BCUT2D eigenvalue weighted by molar-refractivity contribution is 7.89. The fourth-order valence-corrected chi connectivity index (χ4v) is 3.87. The molecule has 5 nitrogen and oxygen atoms in total. The fraction of sp³-hybridized carbons (Fsp3) is 0.600. The molecule has 0 spiro atoms. The number of benzene rings is 1. The molecule has 1 aromatic rings. The molecule has 1 fully saturated rings. The zero-order valence-corrected chi connectivity index (χ0v) is 13.4. The highest BCUT2D eigenvalue weighted by atomic mass is 32.2. The fourth-order valence-electron chi connectivity index (χ4n) is 2.20. The third-order valence-corrected chi connectivity index (χ3v) is 5.48. The van der Waals surface area contributed by atoms with Gasteiger partial charge in [-0.3, -0.25) is 0 Å². The van der Waals surface area contributed by atoms with Crippen LogP contribution in [0.1, 0.15) is 32.3 Å². The molecule has 0 amide bonds. The summed E-state index contributed by atoms with van der Waals surface area (Å²) in [7, 11) is -3.50. The standard InChI is InChI=1S/C15H24N2O3S/c1-12(2)16-11-13-3-7-15(8-4-13)21(19,20)17(9-10-18)14-5-6-14/h3-4,7-8,12,14,16,18H,5-6,9-11H2,1-2H3. The van der Waals surface area contributed by atoms with Gasteiger partial charge in [0.2, 0.25) is 10.0 Å². The van der Waals surface area contributed by atoms with E-state index < -0.39 is 10.0 Å². The highest BCUT2D eigenvalue weighted by Crippen LogP contribution is 2.31. The second kappa shape index (κ2) is 6.87. The molecule has 1 aliphatic rings. The number of rotatable bonds is 8. The molecule has 118 valence electrons. The van der Waals surface area contributed by atoms with E-state index in [1.54, 1.807) is 12.1 Å². The molecule has 1 saturated carbocycles. The van der Waals surface area contributed by atoms with Crippen LogP contribution in [0, 0.1) is 0 Å². The molecular weight excluding hydrogens is 288 g/mol. The van der Waals surface area contributed by atoms with Gasteiger partial charge in [-0.1, -0.05) is 26.0 Å². The molecule has 0 aliphatic heterocycles. The molecule has 0 unspecified atom stereocenters. The van der Waals surface area contributed by atoms with E-state index >= 15 is 0 Å². The number of nitrogens with zero attached hydrogens (tertiary/aromatic N) is 1. The summed E-state index contributed by atoms with van der Waals surface area (Å²) in [6.07, 6.45) is 1.77. The number of sulfonamides is 1. The van der Waals surface area contributed by atoms with Crippen LogP contribution in [-0.4, -0.2) is 43.1 Å². The van der Waals surface area contributed by atoms with Gasteiger partial charge in [-0.2, -0.15) is 4.31 Å². The van der Waals surface area contributed by atoms with Gasteiger partial charge < -0.3 is 10.4 Å². The molecule has 0 saturated heterocycles. The summed E-state index contributed by atoms with van der Waals surface area (Å²) in [5.41, 5.74) is 1.06. The minimum atomic E-state index is -3.50. The third-order valence-electron chi connectivity index (χ3n) is 3.52. The van der Waals surface area contributed by atoms with Crippen LogP contribution in [0.5, 0.6) is 0 Å². The van der Waals surface area contributed by atoms with Crippen LogP contribution in [0.3, 0.4) is 0 Å². The average Bonchev–Trinajstić information content (AvgIpc) is 3.27. The van der Waals surface area contributed by atoms with Crippen LogP contribution in [0.4, 0.5) is 0 Å². The molecule has 2 N–H and O–H groups in total. The van der Waals surface area contributed by atoms with Gasteiger partial charge in [-0.05, 0) is 30.5 Å². The van der Waals surface area contributed by atoms with Crippen molar-refractivity contribution in [3.8, 4) is 0 Å². The molecule has 0 bridgehead atoms. The van der Waals surface area contributed by atoms with Gasteiger partial charge >= 0.3 is 0 Å². The maximum absolute atomic E-state index is 12.6. The molecular formula is C15H24N2O3S. The SMILES string of the molecule is CC(C)NCc1ccc(S(=O)(=O)N(CCO)C2CC2)cc1. The Morgan fingerprint density at radius 2 is 1.90 bits per heavy atom. The maximum atomic E-state index is 12.6. The Morgan fingerprint density at radius 1 is 1.29 bits per heavy atom. The summed E-state index contributed by atoms with van der Waals surface area (Å²) in [6, 6.07) is 7.44. The monoisotopic (exact) mass is 312 g/mol. The summed E-state index contributed by atoms with van der Waals surface area (Å²) in [4.78, 5) is 0.302. The Balaban J connectivity index is 2.12. The van der Waals surface area contributed by atoms with E-state index in [1.807, 2.05) is 12.1 Å². The van der Waals surface area contributed by atoms with E-state index in [9.17, 15) is 8.42 Å². The Hall–Kier alpha value is -0.950. The lowest BCUT2D eigenvalue weighted by Gasteiger charge is -2.21. The van der Waals surface area contributed by atoms with Gasteiger partial charge in [0, 0.05) is 25.2 Å². The lowest BCUT2D eigenvalue weighted by atomic mass is 10.2. The number of nitrogens with one attached hydrogen (secondary N) is 1. The van der Waals surface area contributed by atoms with Crippen LogP contribution in [-0.2, 0) is 16.6 Å². The van der Waals surface area contributed by atoms with Gasteiger partial charge in [0.1, 0.15) is 0 Å². The molecule has 0 aromatic heterocycles. The van der Waals surface area contributed by atoms with E-state index in [0.717, 1.165) is 24.9 Å².